The summed E-state index contributed by atoms with van der Waals surface area (Å²) in [7, 11) is -1.05. The normalized spacial score (nSPS) is 12.2. The van der Waals surface area contributed by atoms with E-state index < -0.39 is 8.07 Å². The molecule has 2 aromatic rings. The third-order valence-corrected chi connectivity index (χ3v) is 4.89. The summed E-state index contributed by atoms with van der Waals surface area (Å²) in [4.78, 5) is 0. The molecule has 0 saturated carbocycles. The van der Waals surface area contributed by atoms with Crippen molar-refractivity contribution >= 4 is 36.4 Å². The molecule has 4 nitrogen and oxygen atoms in total. The van der Waals surface area contributed by atoms with E-state index in [1.165, 1.54) is 0 Å². The molecular formula is C13H20ClN3OSi. The van der Waals surface area contributed by atoms with E-state index in [1.54, 1.807) is 4.68 Å². The van der Waals surface area contributed by atoms with Gasteiger partial charge in [-0.05, 0) is 24.2 Å². The van der Waals surface area contributed by atoms with Crippen LogP contribution in [0.2, 0.25) is 30.7 Å². The minimum absolute atomic E-state index is 0.415. The molecule has 0 fully saturated rings. The second-order valence-electron chi connectivity index (χ2n) is 5.89. The summed E-state index contributed by atoms with van der Waals surface area (Å²) in [5.41, 5.74) is 6.79. The van der Waals surface area contributed by atoms with Gasteiger partial charge < -0.3 is 10.5 Å². The number of fused-ring (bicyclic) bond motifs is 1. The molecule has 1 aromatic carbocycles. The van der Waals surface area contributed by atoms with E-state index in [1.807, 2.05) is 18.2 Å². The van der Waals surface area contributed by atoms with Crippen molar-refractivity contribution in [2.75, 3.05) is 12.3 Å². The third kappa shape index (κ3) is 3.71. The zero-order chi connectivity index (χ0) is 14.0. The molecule has 19 heavy (non-hydrogen) atoms. The van der Waals surface area contributed by atoms with Gasteiger partial charge in [0.2, 0.25) is 0 Å². The maximum absolute atomic E-state index is 6.00. The van der Waals surface area contributed by atoms with Crippen LogP contribution in [0.3, 0.4) is 0 Å². The molecule has 0 spiro atoms. The first kappa shape index (κ1) is 14.4. The number of anilines is 1. The van der Waals surface area contributed by atoms with Crippen molar-refractivity contribution in [3.8, 4) is 0 Å². The highest BCUT2D eigenvalue weighted by Crippen LogP contribution is 2.24. The highest BCUT2D eigenvalue weighted by Gasteiger charge is 2.13. The molecule has 0 bridgehead atoms. The van der Waals surface area contributed by atoms with Gasteiger partial charge in [-0.25, -0.2) is 4.68 Å². The lowest BCUT2D eigenvalue weighted by Gasteiger charge is -2.15. The zero-order valence-electron chi connectivity index (χ0n) is 11.6. The van der Waals surface area contributed by atoms with Gasteiger partial charge in [0.05, 0.1) is 5.52 Å². The van der Waals surface area contributed by atoms with Crippen LogP contribution >= 0.6 is 11.6 Å². The topological polar surface area (TPSA) is 53.1 Å². The summed E-state index contributed by atoms with van der Waals surface area (Å²) >= 11 is 6.00. The Balaban J connectivity index is 2.07. The number of nitrogens with two attached hydrogens (primary N) is 1. The fourth-order valence-electron chi connectivity index (χ4n) is 1.80. The molecule has 0 atom stereocenters. The number of rotatable bonds is 5. The smallest absolute Gasteiger partial charge is 0.153 e. The summed E-state index contributed by atoms with van der Waals surface area (Å²) in [6.45, 7) is 8.17. The average Bonchev–Trinajstić information content (AvgIpc) is 2.60. The van der Waals surface area contributed by atoms with E-state index >= 15 is 0 Å². The molecule has 0 aliphatic heterocycles. The lowest BCUT2D eigenvalue weighted by molar-refractivity contribution is 0.0819. The summed E-state index contributed by atoms with van der Waals surface area (Å²) in [6.07, 6.45) is 0. The van der Waals surface area contributed by atoms with Gasteiger partial charge in [0.1, 0.15) is 6.73 Å². The van der Waals surface area contributed by atoms with Crippen LogP contribution in [-0.4, -0.2) is 24.5 Å². The standard InChI is InChI=1S/C13H20ClN3OSi/c1-19(2,3)7-6-18-9-17-12-8-10(14)4-5-11(12)13(15)16-17/h4-5,8H,6-7,9H2,1-3H3,(H2,15,16). The van der Waals surface area contributed by atoms with E-state index in [2.05, 4.69) is 24.7 Å². The first-order chi connectivity index (χ1) is 8.87. The van der Waals surface area contributed by atoms with Gasteiger partial charge in [0.15, 0.2) is 5.82 Å². The van der Waals surface area contributed by atoms with Gasteiger partial charge in [0, 0.05) is 25.1 Å². The molecule has 104 valence electrons. The molecule has 0 aliphatic carbocycles. The Hall–Kier alpha value is -1.04. The van der Waals surface area contributed by atoms with Crippen LogP contribution in [0.5, 0.6) is 0 Å². The maximum Gasteiger partial charge on any atom is 0.153 e. The second-order valence-corrected chi connectivity index (χ2v) is 12.0. The Morgan fingerprint density at radius 3 is 2.79 bits per heavy atom. The van der Waals surface area contributed by atoms with E-state index in [0.29, 0.717) is 17.6 Å². The number of halogens is 1. The van der Waals surface area contributed by atoms with Crippen LogP contribution in [-0.2, 0) is 11.5 Å². The highest BCUT2D eigenvalue weighted by atomic mass is 35.5. The number of ether oxygens (including phenoxy) is 1. The number of hydrogen-bond donors (Lipinski definition) is 1. The zero-order valence-corrected chi connectivity index (χ0v) is 13.4. The van der Waals surface area contributed by atoms with E-state index in [0.717, 1.165) is 23.6 Å². The largest absolute Gasteiger partial charge is 0.382 e. The maximum atomic E-state index is 6.00. The average molecular weight is 298 g/mol. The Morgan fingerprint density at radius 1 is 1.37 bits per heavy atom. The minimum atomic E-state index is -1.05. The Kier molecular flexibility index (Phi) is 4.18. The van der Waals surface area contributed by atoms with Gasteiger partial charge in [-0.15, -0.1) is 0 Å². The first-order valence-electron chi connectivity index (χ1n) is 6.36. The van der Waals surface area contributed by atoms with Crippen LogP contribution in [0, 0.1) is 0 Å². The molecule has 0 radical (unpaired) electrons. The fraction of sp³-hybridized carbons (Fsp3) is 0.462. The molecule has 2 N–H and O–H groups in total. The summed E-state index contributed by atoms with van der Waals surface area (Å²) in [6, 6.07) is 6.71. The molecule has 0 amide bonds. The quantitative estimate of drug-likeness (QED) is 0.678. The van der Waals surface area contributed by atoms with Crippen molar-refractivity contribution < 1.29 is 4.74 Å². The predicted molar refractivity (Wildman–Crippen MR) is 83.3 cm³/mol. The van der Waals surface area contributed by atoms with Gasteiger partial charge in [0.25, 0.3) is 0 Å². The fourth-order valence-corrected chi connectivity index (χ4v) is 2.72. The second kappa shape index (κ2) is 5.52. The molecule has 6 heteroatoms. The number of nitrogens with zero attached hydrogens (tertiary/aromatic N) is 2. The summed E-state index contributed by atoms with van der Waals surface area (Å²) < 4.78 is 7.46. The van der Waals surface area contributed by atoms with Crippen molar-refractivity contribution in [2.24, 2.45) is 0 Å². The molecule has 1 aromatic heterocycles. The number of aromatic nitrogens is 2. The molecule has 0 aliphatic rings. The lowest BCUT2D eigenvalue weighted by atomic mass is 10.2. The molecule has 2 rings (SSSR count). The minimum Gasteiger partial charge on any atom is -0.382 e. The van der Waals surface area contributed by atoms with Crippen LogP contribution in [0.25, 0.3) is 10.9 Å². The molecule has 0 unspecified atom stereocenters. The Bertz CT molecular complexity index is 577. The van der Waals surface area contributed by atoms with Gasteiger partial charge >= 0.3 is 0 Å². The van der Waals surface area contributed by atoms with Crippen molar-refractivity contribution in [3.05, 3.63) is 23.2 Å². The van der Waals surface area contributed by atoms with Crippen LogP contribution < -0.4 is 5.73 Å². The van der Waals surface area contributed by atoms with Crippen LogP contribution in [0.4, 0.5) is 5.82 Å². The highest BCUT2D eigenvalue weighted by molar-refractivity contribution is 6.76. The molecule has 0 saturated heterocycles. The van der Waals surface area contributed by atoms with Crippen molar-refractivity contribution in [3.63, 3.8) is 0 Å². The third-order valence-electron chi connectivity index (χ3n) is 2.95. The van der Waals surface area contributed by atoms with Gasteiger partial charge in [-0.1, -0.05) is 31.2 Å². The van der Waals surface area contributed by atoms with Crippen LogP contribution in [0.15, 0.2) is 18.2 Å². The van der Waals surface area contributed by atoms with Gasteiger partial charge in [-0.2, -0.15) is 5.10 Å². The van der Waals surface area contributed by atoms with Gasteiger partial charge in [-0.3, -0.25) is 0 Å². The Labute approximate surface area is 119 Å². The lowest BCUT2D eigenvalue weighted by Crippen LogP contribution is -2.22. The van der Waals surface area contributed by atoms with E-state index in [-0.39, 0.29) is 0 Å². The summed E-state index contributed by atoms with van der Waals surface area (Å²) in [5, 5.41) is 5.88. The van der Waals surface area contributed by atoms with Crippen molar-refractivity contribution in [2.45, 2.75) is 32.4 Å². The molecular weight excluding hydrogens is 278 g/mol. The first-order valence-corrected chi connectivity index (χ1v) is 10.4. The van der Waals surface area contributed by atoms with Crippen molar-refractivity contribution in [1.29, 1.82) is 0 Å². The van der Waals surface area contributed by atoms with E-state index in [9.17, 15) is 0 Å². The monoisotopic (exact) mass is 297 g/mol. The number of nitrogen functional groups attached to an aromatic ring is 1. The summed E-state index contributed by atoms with van der Waals surface area (Å²) in [5.74, 6) is 0.514. The van der Waals surface area contributed by atoms with E-state index in [4.69, 9.17) is 22.1 Å². The Morgan fingerprint density at radius 2 is 2.11 bits per heavy atom. The van der Waals surface area contributed by atoms with Crippen molar-refractivity contribution in [1.82, 2.24) is 9.78 Å². The van der Waals surface area contributed by atoms with Crippen LogP contribution in [0.1, 0.15) is 0 Å². The number of benzene rings is 1. The predicted octanol–water partition coefficient (Wildman–Crippen LogP) is 3.58. The molecule has 1 heterocycles. The number of hydrogen-bond acceptors (Lipinski definition) is 3. The SMILES string of the molecule is C[Si](C)(C)CCOCn1nc(N)c2ccc(Cl)cc21.